The van der Waals surface area contributed by atoms with Gasteiger partial charge in [0.25, 0.3) is 0 Å². The molecular formula is C14H11F3O. The third kappa shape index (κ3) is 2.38. The molecule has 4 heteroatoms. The zero-order valence-electron chi connectivity index (χ0n) is 9.62. The summed E-state index contributed by atoms with van der Waals surface area (Å²) in [6.45, 7) is 1.68. The van der Waals surface area contributed by atoms with Crippen molar-refractivity contribution < 1.29 is 18.3 Å². The SMILES string of the molecule is Cc1ccc(F)cc1C(O)c1ccc(F)cc1F. The van der Waals surface area contributed by atoms with Gasteiger partial charge in [-0.15, -0.1) is 0 Å². The minimum atomic E-state index is -1.32. The van der Waals surface area contributed by atoms with Crippen LogP contribution in [0.2, 0.25) is 0 Å². The smallest absolute Gasteiger partial charge is 0.132 e. The standard InChI is InChI=1S/C14H11F3O/c1-8-2-3-9(15)6-12(8)14(18)11-5-4-10(16)7-13(11)17/h2-7,14,18H,1H3. The highest BCUT2D eigenvalue weighted by Gasteiger charge is 2.17. The van der Waals surface area contributed by atoms with E-state index in [1.165, 1.54) is 12.1 Å². The molecular weight excluding hydrogens is 241 g/mol. The van der Waals surface area contributed by atoms with Crippen molar-refractivity contribution in [3.05, 3.63) is 70.5 Å². The van der Waals surface area contributed by atoms with E-state index < -0.39 is 23.6 Å². The summed E-state index contributed by atoms with van der Waals surface area (Å²) in [5, 5.41) is 10.0. The molecule has 94 valence electrons. The molecule has 0 saturated carbocycles. The first-order chi connectivity index (χ1) is 8.49. The number of hydrogen-bond acceptors (Lipinski definition) is 1. The molecule has 0 aliphatic heterocycles. The molecule has 1 atom stereocenters. The van der Waals surface area contributed by atoms with Gasteiger partial charge in [0.2, 0.25) is 0 Å². The molecule has 0 amide bonds. The summed E-state index contributed by atoms with van der Waals surface area (Å²) < 4.78 is 39.4. The van der Waals surface area contributed by atoms with E-state index in [0.29, 0.717) is 11.6 Å². The van der Waals surface area contributed by atoms with Crippen molar-refractivity contribution in [2.45, 2.75) is 13.0 Å². The van der Waals surface area contributed by atoms with Gasteiger partial charge in [0, 0.05) is 11.6 Å². The highest BCUT2D eigenvalue weighted by molar-refractivity contribution is 5.36. The predicted molar refractivity (Wildman–Crippen MR) is 61.6 cm³/mol. The van der Waals surface area contributed by atoms with Gasteiger partial charge in [0.05, 0.1) is 0 Å². The molecule has 1 unspecified atom stereocenters. The van der Waals surface area contributed by atoms with Crippen molar-refractivity contribution >= 4 is 0 Å². The van der Waals surface area contributed by atoms with Crippen LogP contribution in [0.25, 0.3) is 0 Å². The first-order valence-corrected chi connectivity index (χ1v) is 5.38. The zero-order valence-corrected chi connectivity index (χ0v) is 9.62. The Labute approximate surface area is 103 Å². The number of aliphatic hydroxyl groups is 1. The third-order valence-electron chi connectivity index (χ3n) is 2.79. The predicted octanol–water partition coefficient (Wildman–Crippen LogP) is 3.49. The van der Waals surface area contributed by atoms with Crippen LogP contribution in [0.3, 0.4) is 0 Å². The van der Waals surface area contributed by atoms with Crippen LogP contribution in [0.4, 0.5) is 13.2 Å². The van der Waals surface area contributed by atoms with E-state index in [-0.39, 0.29) is 11.1 Å². The fraction of sp³-hybridized carbons (Fsp3) is 0.143. The molecule has 0 saturated heterocycles. The molecule has 0 heterocycles. The van der Waals surface area contributed by atoms with E-state index in [1.54, 1.807) is 6.92 Å². The summed E-state index contributed by atoms with van der Waals surface area (Å²) in [5.41, 5.74) is 0.818. The maximum Gasteiger partial charge on any atom is 0.132 e. The number of benzene rings is 2. The van der Waals surface area contributed by atoms with Crippen LogP contribution < -0.4 is 0 Å². The number of rotatable bonds is 2. The largest absolute Gasteiger partial charge is 0.384 e. The van der Waals surface area contributed by atoms with E-state index in [2.05, 4.69) is 0 Å². The van der Waals surface area contributed by atoms with Gasteiger partial charge >= 0.3 is 0 Å². The lowest BCUT2D eigenvalue weighted by Crippen LogP contribution is -2.05. The first-order valence-electron chi connectivity index (χ1n) is 5.38. The van der Waals surface area contributed by atoms with Gasteiger partial charge < -0.3 is 5.11 Å². The summed E-state index contributed by atoms with van der Waals surface area (Å²) in [7, 11) is 0. The molecule has 1 N–H and O–H groups in total. The topological polar surface area (TPSA) is 20.2 Å². The van der Waals surface area contributed by atoms with Crippen LogP contribution in [0.5, 0.6) is 0 Å². The average molecular weight is 252 g/mol. The lowest BCUT2D eigenvalue weighted by Gasteiger charge is -2.15. The second kappa shape index (κ2) is 4.82. The fourth-order valence-corrected chi connectivity index (χ4v) is 1.80. The molecule has 0 radical (unpaired) electrons. The summed E-state index contributed by atoms with van der Waals surface area (Å²) in [4.78, 5) is 0. The van der Waals surface area contributed by atoms with Crippen molar-refractivity contribution in [3.8, 4) is 0 Å². The fourth-order valence-electron chi connectivity index (χ4n) is 1.80. The highest BCUT2D eigenvalue weighted by Crippen LogP contribution is 2.27. The van der Waals surface area contributed by atoms with Crippen molar-refractivity contribution in [1.29, 1.82) is 0 Å². The van der Waals surface area contributed by atoms with Gasteiger partial charge in [-0.2, -0.15) is 0 Å². The summed E-state index contributed by atoms with van der Waals surface area (Å²) >= 11 is 0. The molecule has 2 rings (SSSR count). The number of halogens is 3. The normalized spacial score (nSPS) is 12.5. The molecule has 0 aromatic heterocycles. The maximum atomic E-state index is 13.5. The van der Waals surface area contributed by atoms with Crippen LogP contribution in [0, 0.1) is 24.4 Å². The lowest BCUT2D eigenvalue weighted by molar-refractivity contribution is 0.213. The average Bonchev–Trinajstić information content (AvgIpc) is 2.31. The second-order valence-electron chi connectivity index (χ2n) is 4.07. The second-order valence-corrected chi connectivity index (χ2v) is 4.07. The number of aryl methyl sites for hydroxylation is 1. The summed E-state index contributed by atoms with van der Waals surface area (Å²) in [5.74, 6) is -2.09. The van der Waals surface area contributed by atoms with E-state index in [1.807, 2.05) is 0 Å². The van der Waals surface area contributed by atoms with Crippen molar-refractivity contribution in [2.75, 3.05) is 0 Å². The van der Waals surface area contributed by atoms with Crippen molar-refractivity contribution in [2.24, 2.45) is 0 Å². The Morgan fingerprint density at radius 2 is 1.50 bits per heavy atom. The molecule has 0 aliphatic carbocycles. The Hall–Kier alpha value is -1.81. The molecule has 0 bridgehead atoms. The maximum absolute atomic E-state index is 13.5. The molecule has 0 fully saturated rings. The molecule has 0 aliphatic rings. The zero-order chi connectivity index (χ0) is 13.3. The minimum Gasteiger partial charge on any atom is -0.384 e. The summed E-state index contributed by atoms with van der Waals surface area (Å²) in [6, 6.07) is 6.79. The minimum absolute atomic E-state index is 0.0786. The van der Waals surface area contributed by atoms with E-state index in [0.717, 1.165) is 18.2 Å². The third-order valence-corrected chi connectivity index (χ3v) is 2.79. The molecule has 1 nitrogen and oxygen atoms in total. The Bertz CT molecular complexity index is 581. The van der Waals surface area contributed by atoms with Gasteiger partial charge in [-0.1, -0.05) is 12.1 Å². The Morgan fingerprint density at radius 1 is 0.889 bits per heavy atom. The van der Waals surface area contributed by atoms with Gasteiger partial charge in [-0.3, -0.25) is 0 Å². The van der Waals surface area contributed by atoms with E-state index >= 15 is 0 Å². The molecule has 2 aromatic carbocycles. The van der Waals surface area contributed by atoms with Crippen LogP contribution in [-0.2, 0) is 0 Å². The number of aliphatic hydroxyl groups excluding tert-OH is 1. The Morgan fingerprint density at radius 3 is 2.17 bits per heavy atom. The first kappa shape index (κ1) is 12.6. The Kier molecular flexibility index (Phi) is 3.39. The van der Waals surface area contributed by atoms with E-state index in [9.17, 15) is 18.3 Å². The van der Waals surface area contributed by atoms with Crippen LogP contribution in [0.15, 0.2) is 36.4 Å². The molecule has 0 spiro atoms. The van der Waals surface area contributed by atoms with Crippen molar-refractivity contribution in [1.82, 2.24) is 0 Å². The van der Waals surface area contributed by atoms with Gasteiger partial charge in [0.1, 0.15) is 23.6 Å². The quantitative estimate of drug-likeness (QED) is 0.867. The highest BCUT2D eigenvalue weighted by atomic mass is 19.1. The van der Waals surface area contributed by atoms with Crippen LogP contribution in [0.1, 0.15) is 22.8 Å². The molecule has 18 heavy (non-hydrogen) atoms. The van der Waals surface area contributed by atoms with Gasteiger partial charge in [0.15, 0.2) is 0 Å². The van der Waals surface area contributed by atoms with E-state index in [4.69, 9.17) is 0 Å². The van der Waals surface area contributed by atoms with Gasteiger partial charge in [-0.25, -0.2) is 13.2 Å². The van der Waals surface area contributed by atoms with Crippen LogP contribution >= 0.6 is 0 Å². The number of hydrogen-bond donors (Lipinski definition) is 1. The van der Waals surface area contributed by atoms with Crippen LogP contribution in [-0.4, -0.2) is 5.11 Å². The molecule has 2 aromatic rings. The van der Waals surface area contributed by atoms with Crippen molar-refractivity contribution in [3.63, 3.8) is 0 Å². The monoisotopic (exact) mass is 252 g/mol. The summed E-state index contributed by atoms with van der Waals surface area (Å²) in [6.07, 6.45) is -1.32. The van der Waals surface area contributed by atoms with Gasteiger partial charge in [-0.05, 0) is 36.2 Å². The lowest BCUT2D eigenvalue weighted by atomic mass is 9.97. The Balaban J connectivity index is 2.47.